The quantitative estimate of drug-likeness (QED) is 0.760. The summed E-state index contributed by atoms with van der Waals surface area (Å²) < 4.78 is 29.7. The number of unbranched alkanes of at least 4 members (excludes halogenated alkanes) is 1. The second kappa shape index (κ2) is 6.57. The second-order valence-electron chi connectivity index (χ2n) is 4.56. The molecule has 0 amide bonds. The smallest absolute Gasteiger partial charge is 0.339 e. The van der Waals surface area contributed by atoms with Crippen molar-refractivity contribution >= 4 is 10.1 Å². The predicted molar refractivity (Wildman–Crippen MR) is 79.3 cm³/mol. The van der Waals surface area contributed by atoms with Gasteiger partial charge in [0, 0.05) is 0 Å². The van der Waals surface area contributed by atoms with Gasteiger partial charge < -0.3 is 4.18 Å². The van der Waals surface area contributed by atoms with Crippen LogP contribution >= 0.6 is 0 Å². The molecule has 0 unspecified atom stereocenters. The molecule has 2 aromatic carbocycles. The Morgan fingerprint density at radius 2 is 1.60 bits per heavy atom. The van der Waals surface area contributed by atoms with Crippen LogP contribution in [0.5, 0.6) is 5.75 Å². The van der Waals surface area contributed by atoms with E-state index < -0.39 is 10.1 Å². The van der Waals surface area contributed by atoms with Gasteiger partial charge in [0.25, 0.3) is 0 Å². The third-order valence-corrected chi connectivity index (χ3v) is 4.25. The van der Waals surface area contributed by atoms with Crippen molar-refractivity contribution in [2.45, 2.75) is 31.1 Å². The molecular weight excluding hydrogens is 272 g/mol. The summed E-state index contributed by atoms with van der Waals surface area (Å²) in [4.78, 5) is 0.172. The van der Waals surface area contributed by atoms with Gasteiger partial charge in [-0.05, 0) is 36.6 Å². The van der Waals surface area contributed by atoms with E-state index in [0.29, 0.717) is 5.75 Å². The Morgan fingerprint density at radius 1 is 0.950 bits per heavy atom. The van der Waals surface area contributed by atoms with Crippen LogP contribution in [-0.4, -0.2) is 8.42 Å². The molecule has 0 N–H and O–H groups in total. The first-order valence-electron chi connectivity index (χ1n) is 6.71. The highest BCUT2D eigenvalue weighted by Gasteiger charge is 2.17. The third kappa shape index (κ3) is 3.61. The average Bonchev–Trinajstić information content (AvgIpc) is 2.47. The van der Waals surface area contributed by atoms with Gasteiger partial charge >= 0.3 is 10.1 Å². The van der Waals surface area contributed by atoms with Crippen molar-refractivity contribution < 1.29 is 12.6 Å². The van der Waals surface area contributed by atoms with Crippen molar-refractivity contribution in [1.29, 1.82) is 0 Å². The van der Waals surface area contributed by atoms with Crippen LogP contribution in [-0.2, 0) is 16.5 Å². The minimum Gasteiger partial charge on any atom is -0.379 e. The Labute approximate surface area is 120 Å². The van der Waals surface area contributed by atoms with Gasteiger partial charge in [-0.2, -0.15) is 8.42 Å². The highest BCUT2D eigenvalue weighted by molar-refractivity contribution is 7.87. The summed E-state index contributed by atoms with van der Waals surface area (Å²) in [6, 6.07) is 15.5. The minimum absolute atomic E-state index is 0.172. The highest BCUT2D eigenvalue weighted by atomic mass is 32.2. The molecule has 3 nitrogen and oxygen atoms in total. The first-order valence-corrected chi connectivity index (χ1v) is 8.12. The number of benzene rings is 2. The summed E-state index contributed by atoms with van der Waals surface area (Å²) in [6.45, 7) is 2.10. The van der Waals surface area contributed by atoms with E-state index in [2.05, 4.69) is 6.92 Å². The summed E-state index contributed by atoms with van der Waals surface area (Å²) in [5.74, 6) is 0.421. The Bertz CT molecular complexity index is 648. The van der Waals surface area contributed by atoms with Crippen molar-refractivity contribution in [2.24, 2.45) is 0 Å². The minimum atomic E-state index is -3.76. The van der Waals surface area contributed by atoms with Crippen LogP contribution in [0, 0.1) is 0 Å². The number of hydrogen-bond acceptors (Lipinski definition) is 3. The van der Waals surface area contributed by atoms with Crippen LogP contribution < -0.4 is 4.18 Å². The largest absolute Gasteiger partial charge is 0.379 e. The zero-order valence-electron chi connectivity index (χ0n) is 11.5. The standard InChI is InChI=1S/C16H18O3S/c1-2-3-9-14-10-7-8-13-16(14)19-20(17,18)15-11-5-4-6-12-15/h4-8,10-13H,2-3,9H2,1H3. The Kier molecular flexibility index (Phi) is 4.79. The molecule has 0 aliphatic heterocycles. The zero-order chi connectivity index (χ0) is 14.4. The van der Waals surface area contributed by atoms with E-state index in [9.17, 15) is 8.42 Å². The first kappa shape index (κ1) is 14.6. The molecule has 106 valence electrons. The molecule has 0 aromatic heterocycles. The number of aryl methyl sites for hydroxylation is 1. The lowest BCUT2D eigenvalue weighted by atomic mass is 10.1. The van der Waals surface area contributed by atoms with Crippen molar-refractivity contribution in [2.75, 3.05) is 0 Å². The van der Waals surface area contributed by atoms with Gasteiger partial charge in [0.15, 0.2) is 0 Å². The molecule has 0 saturated carbocycles. The molecule has 0 heterocycles. The van der Waals surface area contributed by atoms with E-state index in [-0.39, 0.29) is 4.90 Å². The van der Waals surface area contributed by atoms with Gasteiger partial charge in [-0.1, -0.05) is 49.7 Å². The monoisotopic (exact) mass is 290 g/mol. The van der Waals surface area contributed by atoms with Crippen molar-refractivity contribution in [3.8, 4) is 5.75 Å². The van der Waals surface area contributed by atoms with Crippen molar-refractivity contribution in [3.63, 3.8) is 0 Å². The van der Waals surface area contributed by atoms with Crippen molar-refractivity contribution in [1.82, 2.24) is 0 Å². The fourth-order valence-corrected chi connectivity index (χ4v) is 2.90. The Hall–Kier alpha value is -1.81. The molecule has 4 heteroatoms. The second-order valence-corrected chi connectivity index (χ2v) is 6.11. The van der Waals surface area contributed by atoms with Crippen LogP contribution in [0.3, 0.4) is 0 Å². The first-order chi connectivity index (χ1) is 9.63. The van der Waals surface area contributed by atoms with Gasteiger partial charge in [0.05, 0.1) is 0 Å². The molecule has 0 spiro atoms. The molecule has 0 fully saturated rings. The van der Waals surface area contributed by atoms with E-state index in [1.54, 1.807) is 30.3 Å². The summed E-state index contributed by atoms with van der Waals surface area (Å²) >= 11 is 0. The molecule has 0 saturated heterocycles. The fourth-order valence-electron chi connectivity index (χ4n) is 1.91. The molecule has 0 aliphatic carbocycles. The molecule has 0 radical (unpaired) electrons. The molecule has 2 aromatic rings. The predicted octanol–water partition coefficient (Wildman–Crippen LogP) is 3.80. The third-order valence-electron chi connectivity index (χ3n) is 3.00. The van der Waals surface area contributed by atoms with Gasteiger partial charge in [-0.15, -0.1) is 0 Å². The maximum absolute atomic E-state index is 12.2. The van der Waals surface area contributed by atoms with Gasteiger partial charge in [-0.3, -0.25) is 0 Å². The van der Waals surface area contributed by atoms with Gasteiger partial charge in [0.2, 0.25) is 0 Å². The SMILES string of the molecule is CCCCc1ccccc1OS(=O)(=O)c1ccccc1. The van der Waals surface area contributed by atoms with E-state index in [4.69, 9.17) is 4.18 Å². The molecule has 0 bridgehead atoms. The molecular formula is C16H18O3S. The Balaban J connectivity index is 2.26. The van der Waals surface area contributed by atoms with E-state index in [1.165, 1.54) is 12.1 Å². The van der Waals surface area contributed by atoms with Crippen LogP contribution in [0.4, 0.5) is 0 Å². The van der Waals surface area contributed by atoms with Crippen LogP contribution in [0.25, 0.3) is 0 Å². The molecule has 0 atom stereocenters. The lowest BCUT2D eigenvalue weighted by Gasteiger charge is -2.11. The maximum Gasteiger partial charge on any atom is 0.339 e. The number of para-hydroxylation sites is 1. The lowest BCUT2D eigenvalue weighted by molar-refractivity contribution is 0.482. The fraction of sp³-hybridized carbons (Fsp3) is 0.250. The van der Waals surface area contributed by atoms with Crippen LogP contribution in [0.15, 0.2) is 59.5 Å². The summed E-state index contributed by atoms with van der Waals surface area (Å²) in [5.41, 5.74) is 0.925. The highest BCUT2D eigenvalue weighted by Crippen LogP contribution is 2.24. The normalized spacial score (nSPS) is 11.2. The summed E-state index contributed by atoms with van der Waals surface area (Å²) in [6.07, 6.45) is 2.88. The van der Waals surface area contributed by atoms with Crippen LogP contribution in [0.2, 0.25) is 0 Å². The summed E-state index contributed by atoms with van der Waals surface area (Å²) in [5, 5.41) is 0. The molecule has 0 aliphatic rings. The van der Waals surface area contributed by atoms with E-state index in [0.717, 1.165) is 24.8 Å². The molecule has 2 rings (SSSR count). The van der Waals surface area contributed by atoms with Crippen LogP contribution in [0.1, 0.15) is 25.3 Å². The topological polar surface area (TPSA) is 43.4 Å². The summed E-state index contributed by atoms with van der Waals surface area (Å²) in [7, 11) is -3.76. The van der Waals surface area contributed by atoms with E-state index in [1.807, 2.05) is 12.1 Å². The maximum atomic E-state index is 12.2. The lowest BCUT2D eigenvalue weighted by Crippen LogP contribution is -2.10. The van der Waals surface area contributed by atoms with Crippen molar-refractivity contribution in [3.05, 3.63) is 60.2 Å². The van der Waals surface area contributed by atoms with Gasteiger partial charge in [-0.25, -0.2) is 0 Å². The number of hydrogen-bond donors (Lipinski definition) is 0. The van der Waals surface area contributed by atoms with E-state index >= 15 is 0 Å². The zero-order valence-corrected chi connectivity index (χ0v) is 12.3. The number of rotatable bonds is 6. The Morgan fingerprint density at radius 3 is 2.30 bits per heavy atom. The average molecular weight is 290 g/mol. The molecule has 20 heavy (non-hydrogen) atoms. The van der Waals surface area contributed by atoms with Gasteiger partial charge in [0.1, 0.15) is 10.6 Å².